The maximum Gasteiger partial charge on any atom is 0.333 e. The van der Waals surface area contributed by atoms with Gasteiger partial charge in [0.15, 0.2) is 6.10 Å². The molecule has 1 aliphatic rings. The third kappa shape index (κ3) is 2.95. The Balaban J connectivity index is 2.17. The second-order valence-corrected chi connectivity index (χ2v) is 6.02. The Labute approximate surface area is 114 Å². The third-order valence-electron chi connectivity index (χ3n) is 2.76. The van der Waals surface area contributed by atoms with Crippen LogP contribution < -0.4 is 10.0 Å². The smallest absolute Gasteiger partial charge is 0.333 e. The summed E-state index contributed by atoms with van der Waals surface area (Å²) in [5.41, 5.74) is 1.11. The number of benzene rings is 1. The van der Waals surface area contributed by atoms with Gasteiger partial charge in [-0.2, -0.15) is 0 Å². The van der Waals surface area contributed by atoms with E-state index in [0.717, 1.165) is 0 Å². The maximum atomic E-state index is 11.9. The molecule has 1 aromatic carbocycles. The standard InChI is InChI=1S/C11H12N2O6S/c14-9(11(16)17)5-12-20(18,19)7-1-2-8-6(3-7)4-10(15)13-8/h1-3,9,12,14H,4-5H2,(H,13,15)(H,16,17)/t9-/m0/s1. The number of fused-ring (bicyclic) bond motifs is 1. The summed E-state index contributed by atoms with van der Waals surface area (Å²) in [6, 6.07) is 4.09. The van der Waals surface area contributed by atoms with Crippen LogP contribution in [0, 0.1) is 0 Å². The first-order valence-corrected chi connectivity index (χ1v) is 7.11. The molecule has 0 unspecified atom stereocenters. The Morgan fingerprint density at radius 2 is 2.15 bits per heavy atom. The number of hydrogen-bond acceptors (Lipinski definition) is 5. The number of carboxylic acids is 1. The maximum absolute atomic E-state index is 11.9. The van der Waals surface area contributed by atoms with Crippen molar-refractivity contribution in [3.05, 3.63) is 23.8 Å². The molecule has 1 atom stereocenters. The van der Waals surface area contributed by atoms with Gasteiger partial charge < -0.3 is 15.5 Å². The molecule has 1 aromatic rings. The highest BCUT2D eigenvalue weighted by atomic mass is 32.2. The number of aliphatic carboxylic acids is 1. The van der Waals surface area contributed by atoms with Crippen molar-refractivity contribution in [2.24, 2.45) is 0 Å². The SMILES string of the molecule is O=C1Cc2cc(S(=O)(=O)NC[C@H](O)C(=O)O)ccc2N1. The molecule has 0 spiro atoms. The Morgan fingerprint density at radius 3 is 2.80 bits per heavy atom. The molecule has 0 saturated heterocycles. The van der Waals surface area contributed by atoms with E-state index in [-0.39, 0.29) is 17.2 Å². The molecule has 1 heterocycles. The number of anilines is 1. The lowest BCUT2D eigenvalue weighted by Crippen LogP contribution is -2.36. The number of rotatable bonds is 5. The zero-order valence-electron chi connectivity index (χ0n) is 10.2. The monoisotopic (exact) mass is 300 g/mol. The zero-order chi connectivity index (χ0) is 14.9. The minimum Gasteiger partial charge on any atom is -0.479 e. The van der Waals surface area contributed by atoms with Crippen LogP contribution in [0.3, 0.4) is 0 Å². The summed E-state index contributed by atoms with van der Waals surface area (Å²) >= 11 is 0. The van der Waals surface area contributed by atoms with Gasteiger partial charge in [-0.25, -0.2) is 17.9 Å². The van der Waals surface area contributed by atoms with Gasteiger partial charge in [0.05, 0.1) is 11.3 Å². The Hall–Kier alpha value is -1.97. The molecule has 0 saturated carbocycles. The van der Waals surface area contributed by atoms with Crippen LogP contribution in [-0.4, -0.2) is 43.2 Å². The molecule has 4 N–H and O–H groups in total. The van der Waals surface area contributed by atoms with Crippen molar-refractivity contribution in [3.8, 4) is 0 Å². The van der Waals surface area contributed by atoms with Crippen molar-refractivity contribution in [2.45, 2.75) is 17.4 Å². The van der Waals surface area contributed by atoms with Crippen molar-refractivity contribution in [1.29, 1.82) is 0 Å². The van der Waals surface area contributed by atoms with Crippen LogP contribution in [0.25, 0.3) is 0 Å². The van der Waals surface area contributed by atoms with Crippen molar-refractivity contribution < 1.29 is 28.2 Å². The fourth-order valence-corrected chi connectivity index (χ4v) is 2.82. The summed E-state index contributed by atoms with van der Waals surface area (Å²) < 4.78 is 25.8. The first-order chi connectivity index (χ1) is 9.29. The second-order valence-electron chi connectivity index (χ2n) is 4.25. The van der Waals surface area contributed by atoms with Gasteiger partial charge in [0.25, 0.3) is 0 Å². The van der Waals surface area contributed by atoms with Gasteiger partial charge in [0, 0.05) is 12.2 Å². The Bertz CT molecular complexity index is 669. The summed E-state index contributed by atoms with van der Waals surface area (Å²) in [5, 5.41) is 20.1. The average molecular weight is 300 g/mol. The fraction of sp³-hybridized carbons (Fsp3) is 0.273. The Kier molecular flexibility index (Phi) is 3.75. The highest BCUT2D eigenvalue weighted by molar-refractivity contribution is 7.89. The van der Waals surface area contributed by atoms with Gasteiger partial charge in [-0.1, -0.05) is 0 Å². The number of carbonyl (C=O) groups excluding carboxylic acids is 1. The van der Waals surface area contributed by atoms with Crippen molar-refractivity contribution in [2.75, 3.05) is 11.9 Å². The number of aliphatic hydroxyl groups excluding tert-OH is 1. The third-order valence-corrected chi connectivity index (χ3v) is 4.19. The summed E-state index contributed by atoms with van der Waals surface area (Å²) in [7, 11) is -3.94. The molecular formula is C11H12N2O6S. The highest BCUT2D eigenvalue weighted by Crippen LogP contribution is 2.25. The molecule has 1 amide bonds. The van der Waals surface area contributed by atoms with Crippen LogP contribution in [-0.2, 0) is 26.0 Å². The summed E-state index contributed by atoms with van der Waals surface area (Å²) in [6.45, 7) is -0.633. The van der Waals surface area contributed by atoms with Gasteiger partial charge in [0.1, 0.15) is 0 Å². The predicted molar refractivity (Wildman–Crippen MR) is 67.6 cm³/mol. The van der Waals surface area contributed by atoms with Gasteiger partial charge >= 0.3 is 5.97 Å². The molecule has 0 fully saturated rings. The quantitative estimate of drug-likeness (QED) is 0.546. The van der Waals surface area contributed by atoms with E-state index in [0.29, 0.717) is 11.3 Å². The average Bonchev–Trinajstić information content (AvgIpc) is 2.74. The van der Waals surface area contributed by atoms with E-state index in [9.17, 15) is 18.0 Å². The molecule has 8 nitrogen and oxygen atoms in total. The van der Waals surface area contributed by atoms with Crippen molar-refractivity contribution >= 4 is 27.6 Å². The number of carbonyl (C=O) groups is 2. The predicted octanol–water partition coefficient (Wildman–Crippen LogP) is -1.09. The topological polar surface area (TPSA) is 133 Å². The summed E-state index contributed by atoms with van der Waals surface area (Å²) in [6.07, 6.45) is -1.72. The minimum absolute atomic E-state index is 0.0923. The minimum atomic E-state index is -3.94. The zero-order valence-corrected chi connectivity index (χ0v) is 11.0. The van der Waals surface area contributed by atoms with Crippen LogP contribution in [0.4, 0.5) is 5.69 Å². The molecule has 0 aliphatic carbocycles. The van der Waals surface area contributed by atoms with E-state index in [1.165, 1.54) is 18.2 Å². The van der Waals surface area contributed by atoms with E-state index in [2.05, 4.69) is 5.32 Å². The summed E-state index contributed by atoms with van der Waals surface area (Å²) in [4.78, 5) is 21.5. The number of amides is 1. The van der Waals surface area contributed by atoms with Gasteiger partial charge in [-0.15, -0.1) is 0 Å². The van der Waals surface area contributed by atoms with E-state index in [4.69, 9.17) is 10.2 Å². The number of sulfonamides is 1. The van der Waals surface area contributed by atoms with Crippen molar-refractivity contribution in [1.82, 2.24) is 4.72 Å². The highest BCUT2D eigenvalue weighted by Gasteiger charge is 2.23. The summed E-state index contributed by atoms with van der Waals surface area (Å²) in [5.74, 6) is -1.74. The molecular weight excluding hydrogens is 288 g/mol. The number of aliphatic hydroxyl groups is 1. The number of nitrogens with one attached hydrogen (secondary N) is 2. The molecule has 1 aliphatic heterocycles. The largest absolute Gasteiger partial charge is 0.479 e. The van der Waals surface area contributed by atoms with Crippen molar-refractivity contribution in [3.63, 3.8) is 0 Å². The van der Waals surface area contributed by atoms with Gasteiger partial charge in [-0.05, 0) is 23.8 Å². The molecule has 20 heavy (non-hydrogen) atoms. The lowest BCUT2D eigenvalue weighted by atomic mass is 10.2. The number of carboxylic acid groups (broad SMARTS) is 1. The van der Waals surface area contributed by atoms with Gasteiger partial charge in [-0.3, -0.25) is 4.79 Å². The lowest BCUT2D eigenvalue weighted by molar-refractivity contribution is -0.146. The molecule has 0 aromatic heterocycles. The van der Waals surface area contributed by atoms with Gasteiger partial charge in [0.2, 0.25) is 15.9 Å². The van der Waals surface area contributed by atoms with Crippen LogP contribution >= 0.6 is 0 Å². The molecule has 108 valence electrons. The lowest BCUT2D eigenvalue weighted by Gasteiger charge is -2.09. The van der Waals surface area contributed by atoms with Crippen LogP contribution in [0.5, 0.6) is 0 Å². The van der Waals surface area contributed by atoms with E-state index in [1.807, 2.05) is 4.72 Å². The molecule has 9 heteroatoms. The van der Waals surface area contributed by atoms with Crippen LogP contribution in [0.1, 0.15) is 5.56 Å². The Morgan fingerprint density at radius 1 is 1.45 bits per heavy atom. The first kappa shape index (κ1) is 14.4. The molecule has 0 radical (unpaired) electrons. The first-order valence-electron chi connectivity index (χ1n) is 5.63. The molecule has 0 bridgehead atoms. The van der Waals surface area contributed by atoms with Crippen LogP contribution in [0.15, 0.2) is 23.1 Å². The molecule has 2 rings (SSSR count). The van der Waals surface area contributed by atoms with E-state index < -0.39 is 28.6 Å². The van der Waals surface area contributed by atoms with E-state index >= 15 is 0 Å². The normalized spacial score (nSPS) is 15.6. The fourth-order valence-electron chi connectivity index (χ4n) is 1.73. The number of hydrogen-bond donors (Lipinski definition) is 4. The van der Waals surface area contributed by atoms with E-state index in [1.54, 1.807) is 0 Å². The second kappa shape index (κ2) is 5.19. The van der Waals surface area contributed by atoms with Crippen LogP contribution in [0.2, 0.25) is 0 Å².